The highest BCUT2D eigenvalue weighted by atomic mass is 35.5. The van der Waals surface area contributed by atoms with Crippen LogP contribution in [0.25, 0.3) is 0 Å². The molecule has 3 N–H and O–H groups in total. The Kier molecular flexibility index (Phi) is 9.42. The zero-order valence-electron chi connectivity index (χ0n) is 22.7. The standard InChI is InChI=1S/C28H29ClF2N4O7/c1-15(32-24(38)18-8-9-20(19(29)10-18)33-16(2)36)26(40)35-14-28(30,31)12-22(35)25(39)34-21-11-23(37)42-27(21)41-13-17-6-4-3-5-7-17/h3-10,15,21-22,27H,11-14H2,1-2H3,(H,32,38)(H,33,36)(H,34,39)/t15-,21-,22-,27+/m0/s1. The topological polar surface area (TPSA) is 143 Å². The maximum Gasteiger partial charge on any atom is 0.310 e. The van der Waals surface area contributed by atoms with Crippen LogP contribution in [0.4, 0.5) is 14.5 Å². The molecule has 0 radical (unpaired) electrons. The van der Waals surface area contributed by atoms with Gasteiger partial charge in [0.2, 0.25) is 24.0 Å². The number of halogens is 3. The maximum atomic E-state index is 14.5. The van der Waals surface area contributed by atoms with Crippen molar-refractivity contribution >= 4 is 46.9 Å². The summed E-state index contributed by atoms with van der Waals surface area (Å²) >= 11 is 6.11. The predicted molar refractivity (Wildman–Crippen MR) is 145 cm³/mol. The molecule has 4 atom stereocenters. The van der Waals surface area contributed by atoms with Crippen molar-refractivity contribution in [2.24, 2.45) is 0 Å². The quantitative estimate of drug-likeness (QED) is 0.372. The number of amides is 4. The van der Waals surface area contributed by atoms with Gasteiger partial charge in [0.25, 0.3) is 11.8 Å². The molecule has 0 saturated carbocycles. The fourth-order valence-electron chi connectivity index (χ4n) is 4.66. The first-order chi connectivity index (χ1) is 19.8. The van der Waals surface area contributed by atoms with E-state index in [2.05, 4.69) is 16.0 Å². The third-order valence-electron chi connectivity index (χ3n) is 6.66. The minimum atomic E-state index is -3.36. The molecule has 0 unspecified atom stereocenters. The van der Waals surface area contributed by atoms with E-state index in [-0.39, 0.29) is 35.2 Å². The van der Waals surface area contributed by atoms with Gasteiger partial charge in [-0.15, -0.1) is 0 Å². The van der Waals surface area contributed by atoms with Gasteiger partial charge in [-0.25, -0.2) is 8.78 Å². The van der Waals surface area contributed by atoms with Crippen molar-refractivity contribution in [3.63, 3.8) is 0 Å². The number of cyclic esters (lactones) is 1. The first-order valence-corrected chi connectivity index (χ1v) is 13.4. The number of esters is 1. The highest BCUT2D eigenvalue weighted by Gasteiger charge is 2.51. The van der Waals surface area contributed by atoms with Crippen LogP contribution in [-0.2, 0) is 35.3 Å². The van der Waals surface area contributed by atoms with Gasteiger partial charge in [0.15, 0.2) is 0 Å². The lowest BCUT2D eigenvalue weighted by Gasteiger charge is -2.28. The lowest BCUT2D eigenvalue weighted by molar-refractivity contribution is -0.168. The number of nitrogens with zero attached hydrogens (tertiary/aromatic N) is 1. The molecule has 2 aliphatic heterocycles. The molecule has 0 aliphatic carbocycles. The minimum absolute atomic E-state index is 0.0576. The Morgan fingerprint density at radius 2 is 1.88 bits per heavy atom. The highest BCUT2D eigenvalue weighted by molar-refractivity contribution is 6.34. The number of carbonyl (C=O) groups is 5. The molecule has 2 fully saturated rings. The summed E-state index contributed by atoms with van der Waals surface area (Å²) < 4.78 is 39.8. The number of likely N-dealkylation sites (tertiary alicyclic amines) is 1. The van der Waals surface area contributed by atoms with Crippen molar-refractivity contribution in [1.29, 1.82) is 0 Å². The second-order valence-corrected chi connectivity index (χ2v) is 10.5. The first-order valence-electron chi connectivity index (χ1n) is 13.0. The Bertz CT molecular complexity index is 1380. The van der Waals surface area contributed by atoms with Gasteiger partial charge in [-0.05, 0) is 30.7 Å². The van der Waals surface area contributed by atoms with Gasteiger partial charge in [0, 0.05) is 18.9 Å². The van der Waals surface area contributed by atoms with Crippen molar-refractivity contribution in [3.05, 3.63) is 64.7 Å². The van der Waals surface area contributed by atoms with E-state index in [1.54, 1.807) is 24.3 Å². The number of alkyl halides is 2. The average molecular weight is 607 g/mol. The van der Waals surface area contributed by atoms with E-state index in [1.165, 1.54) is 32.0 Å². The molecule has 2 aromatic carbocycles. The zero-order chi connectivity index (χ0) is 30.6. The molecule has 224 valence electrons. The highest BCUT2D eigenvalue weighted by Crippen LogP contribution is 2.33. The number of carbonyl (C=O) groups excluding carboxylic acids is 5. The van der Waals surface area contributed by atoms with Gasteiger partial charge < -0.3 is 30.3 Å². The number of ether oxygens (including phenoxy) is 2. The van der Waals surface area contributed by atoms with Gasteiger partial charge in [0.1, 0.15) is 18.1 Å². The number of nitrogens with one attached hydrogen (secondary N) is 3. The molecule has 2 aromatic rings. The van der Waals surface area contributed by atoms with E-state index in [1.807, 2.05) is 6.07 Å². The SMILES string of the molecule is CC(=O)Nc1ccc(C(=O)N[C@@H](C)C(=O)N2CC(F)(F)C[C@H]2C(=O)N[C@H]2CC(=O)O[C@H]2OCc2ccccc2)cc1Cl. The lowest BCUT2D eigenvalue weighted by Crippen LogP contribution is -2.54. The van der Waals surface area contributed by atoms with Crippen LogP contribution in [0.1, 0.15) is 42.6 Å². The van der Waals surface area contributed by atoms with Gasteiger partial charge in [-0.3, -0.25) is 24.0 Å². The maximum absolute atomic E-state index is 14.5. The van der Waals surface area contributed by atoms with E-state index >= 15 is 0 Å². The van der Waals surface area contributed by atoms with Crippen LogP contribution in [0.3, 0.4) is 0 Å². The molecule has 14 heteroatoms. The second kappa shape index (κ2) is 12.8. The van der Waals surface area contributed by atoms with E-state index in [0.29, 0.717) is 4.90 Å². The predicted octanol–water partition coefficient (Wildman–Crippen LogP) is 2.63. The Morgan fingerprint density at radius 1 is 1.17 bits per heavy atom. The molecular weight excluding hydrogens is 578 g/mol. The monoisotopic (exact) mass is 606 g/mol. The third-order valence-corrected chi connectivity index (χ3v) is 6.98. The molecule has 0 aromatic heterocycles. The van der Waals surface area contributed by atoms with E-state index in [4.69, 9.17) is 21.1 Å². The van der Waals surface area contributed by atoms with Gasteiger partial charge in [-0.1, -0.05) is 41.9 Å². The Balaban J connectivity index is 1.40. The van der Waals surface area contributed by atoms with E-state index in [9.17, 15) is 32.8 Å². The number of benzene rings is 2. The molecule has 11 nitrogen and oxygen atoms in total. The van der Waals surface area contributed by atoms with Crippen LogP contribution < -0.4 is 16.0 Å². The largest absolute Gasteiger partial charge is 0.433 e. The zero-order valence-corrected chi connectivity index (χ0v) is 23.5. The first kappa shape index (κ1) is 30.8. The summed E-state index contributed by atoms with van der Waals surface area (Å²) in [6.07, 6.45) is -2.32. The second-order valence-electron chi connectivity index (χ2n) is 10.1. The number of hydrogen-bond acceptors (Lipinski definition) is 7. The van der Waals surface area contributed by atoms with Crippen LogP contribution in [0.15, 0.2) is 48.5 Å². The van der Waals surface area contributed by atoms with Crippen molar-refractivity contribution in [2.45, 2.75) is 63.6 Å². The Morgan fingerprint density at radius 3 is 2.55 bits per heavy atom. The molecule has 0 spiro atoms. The number of anilines is 1. The summed E-state index contributed by atoms with van der Waals surface area (Å²) in [6.45, 7) is 1.64. The van der Waals surface area contributed by atoms with Crippen LogP contribution >= 0.6 is 11.6 Å². The molecule has 42 heavy (non-hydrogen) atoms. The summed E-state index contributed by atoms with van der Waals surface area (Å²) in [5.41, 5.74) is 1.13. The van der Waals surface area contributed by atoms with Crippen LogP contribution in [0.2, 0.25) is 5.02 Å². The van der Waals surface area contributed by atoms with E-state index < -0.39 is 67.0 Å². The summed E-state index contributed by atoms with van der Waals surface area (Å²) in [4.78, 5) is 63.0. The fourth-order valence-corrected chi connectivity index (χ4v) is 4.88. The summed E-state index contributed by atoms with van der Waals surface area (Å²) in [5.74, 6) is -6.90. The van der Waals surface area contributed by atoms with Crippen molar-refractivity contribution in [3.8, 4) is 0 Å². The molecule has 0 bridgehead atoms. The Labute approximate surface area is 244 Å². The average Bonchev–Trinajstić information content (AvgIpc) is 3.45. The smallest absolute Gasteiger partial charge is 0.310 e. The summed E-state index contributed by atoms with van der Waals surface area (Å²) in [5, 5.41) is 7.52. The van der Waals surface area contributed by atoms with E-state index in [0.717, 1.165) is 5.56 Å². The molecular formula is C28H29ClF2N4O7. The molecule has 2 aliphatic rings. The van der Waals surface area contributed by atoms with Crippen LogP contribution in [0.5, 0.6) is 0 Å². The number of hydrogen-bond donors (Lipinski definition) is 3. The van der Waals surface area contributed by atoms with Crippen LogP contribution in [0, 0.1) is 0 Å². The Hall–Kier alpha value is -4.10. The molecule has 4 rings (SSSR count). The molecule has 2 heterocycles. The fraction of sp³-hybridized carbons (Fsp3) is 0.393. The van der Waals surface area contributed by atoms with Gasteiger partial charge in [0.05, 0.1) is 30.3 Å². The van der Waals surface area contributed by atoms with Gasteiger partial charge >= 0.3 is 5.97 Å². The number of rotatable bonds is 9. The van der Waals surface area contributed by atoms with Crippen molar-refractivity contribution in [2.75, 3.05) is 11.9 Å². The normalized spacial score (nSPS) is 21.8. The molecule has 4 amide bonds. The van der Waals surface area contributed by atoms with Gasteiger partial charge in [-0.2, -0.15) is 0 Å². The van der Waals surface area contributed by atoms with Crippen molar-refractivity contribution < 1.29 is 42.2 Å². The third kappa shape index (κ3) is 7.59. The summed E-state index contributed by atoms with van der Waals surface area (Å²) in [7, 11) is 0. The minimum Gasteiger partial charge on any atom is -0.433 e. The summed E-state index contributed by atoms with van der Waals surface area (Å²) in [6, 6.07) is 9.25. The van der Waals surface area contributed by atoms with Crippen molar-refractivity contribution in [1.82, 2.24) is 15.5 Å². The lowest BCUT2D eigenvalue weighted by atomic mass is 10.1. The van der Waals surface area contributed by atoms with Crippen LogP contribution in [-0.4, -0.2) is 71.4 Å². The molecule has 2 saturated heterocycles.